The number of methoxy groups -OCH3 is 1. The van der Waals surface area contributed by atoms with Gasteiger partial charge in [-0.3, -0.25) is 9.59 Å². The SMILES string of the molecule is CCC(=O)c1ccc(OC(=O)Cc2coc3cc(OC)ccc23)cc1. The molecule has 0 radical (unpaired) electrons. The van der Waals surface area contributed by atoms with Crippen molar-refractivity contribution in [2.45, 2.75) is 19.8 Å². The molecule has 128 valence electrons. The summed E-state index contributed by atoms with van der Waals surface area (Å²) in [5.41, 5.74) is 2.02. The fourth-order valence-corrected chi connectivity index (χ4v) is 2.56. The van der Waals surface area contributed by atoms with Crippen molar-refractivity contribution < 1.29 is 23.5 Å². The molecule has 0 amide bonds. The minimum absolute atomic E-state index is 0.0539. The van der Waals surface area contributed by atoms with E-state index in [0.717, 1.165) is 10.9 Å². The number of Topliss-reactive ketones (excluding diaryl/α,β-unsaturated/α-hetero) is 1. The molecule has 25 heavy (non-hydrogen) atoms. The van der Waals surface area contributed by atoms with Crippen LogP contribution in [0.5, 0.6) is 11.5 Å². The van der Waals surface area contributed by atoms with E-state index in [2.05, 4.69) is 0 Å². The summed E-state index contributed by atoms with van der Waals surface area (Å²) in [6, 6.07) is 12.0. The summed E-state index contributed by atoms with van der Waals surface area (Å²) in [5.74, 6) is 0.760. The first-order chi connectivity index (χ1) is 12.1. The standard InChI is InChI=1S/C20H18O5/c1-3-18(21)13-4-6-15(7-5-13)25-20(22)10-14-12-24-19-11-16(23-2)8-9-17(14)19/h4-9,11-12H,3,10H2,1-2H3. The number of ether oxygens (including phenoxy) is 2. The number of ketones is 1. The average molecular weight is 338 g/mol. The number of carbonyl (C=O) groups is 2. The van der Waals surface area contributed by atoms with Crippen LogP contribution < -0.4 is 9.47 Å². The van der Waals surface area contributed by atoms with E-state index in [-0.39, 0.29) is 12.2 Å². The van der Waals surface area contributed by atoms with Gasteiger partial charge < -0.3 is 13.9 Å². The summed E-state index contributed by atoms with van der Waals surface area (Å²) in [4.78, 5) is 23.8. The lowest BCUT2D eigenvalue weighted by Crippen LogP contribution is -2.11. The molecule has 0 atom stereocenters. The average Bonchev–Trinajstić information content (AvgIpc) is 3.03. The van der Waals surface area contributed by atoms with Gasteiger partial charge in [-0.2, -0.15) is 0 Å². The maximum absolute atomic E-state index is 12.2. The molecule has 0 N–H and O–H groups in total. The highest BCUT2D eigenvalue weighted by Crippen LogP contribution is 2.26. The maximum Gasteiger partial charge on any atom is 0.315 e. The lowest BCUT2D eigenvalue weighted by atomic mass is 10.1. The molecule has 3 rings (SSSR count). The highest BCUT2D eigenvalue weighted by atomic mass is 16.5. The van der Waals surface area contributed by atoms with Gasteiger partial charge in [0.1, 0.15) is 17.1 Å². The predicted molar refractivity (Wildman–Crippen MR) is 93.2 cm³/mol. The minimum atomic E-state index is -0.395. The zero-order valence-electron chi connectivity index (χ0n) is 14.1. The van der Waals surface area contributed by atoms with Crippen molar-refractivity contribution in [2.24, 2.45) is 0 Å². The highest BCUT2D eigenvalue weighted by Gasteiger charge is 2.13. The molecule has 1 heterocycles. The smallest absolute Gasteiger partial charge is 0.315 e. The molecule has 2 aromatic carbocycles. The number of hydrogen-bond donors (Lipinski definition) is 0. The van der Waals surface area contributed by atoms with Gasteiger partial charge in [-0.25, -0.2) is 0 Å². The molecule has 0 saturated heterocycles. The van der Waals surface area contributed by atoms with Crippen molar-refractivity contribution in [1.29, 1.82) is 0 Å². The van der Waals surface area contributed by atoms with Crippen LogP contribution in [-0.4, -0.2) is 18.9 Å². The van der Waals surface area contributed by atoms with E-state index in [4.69, 9.17) is 13.9 Å². The van der Waals surface area contributed by atoms with Gasteiger partial charge in [0.25, 0.3) is 0 Å². The topological polar surface area (TPSA) is 65.7 Å². The van der Waals surface area contributed by atoms with E-state index in [0.29, 0.717) is 29.1 Å². The minimum Gasteiger partial charge on any atom is -0.497 e. The summed E-state index contributed by atoms with van der Waals surface area (Å²) in [6.07, 6.45) is 2.08. The molecule has 1 aromatic heterocycles. The third-order valence-corrected chi connectivity index (χ3v) is 3.93. The van der Waals surface area contributed by atoms with E-state index in [9.17, 15) is 9.59 Å². The Balaban J connectivity index is 1.69. The molecule has 0 aliphatic carbocycles. The van der Waals surface area contributed by atoms with Gasteiger partial charge in [-0.15, -0.1) is 0 Å². The highest BCUT2D eigenvalue weighted by molar-refractivity contribution is 5.96. The Morgan fingerprint density at radius 3 is 2.44 bits per heavy atom. The summed E-state index contributed by atoms with van der Waals surface area (Å²) in [5, 5.41) is 0.849. The summed E-state index contributed by atoms with van der Waals surface area (Å²) >= 11 is 0. The van der Waals surface area contributed by atoms with Gasteiger partial charge in [0.2, 0.25) is 0 Å². The number of benzene rings is 2. The van der Waals surface area contributed by atoms with Gasteiger partial charge in [0.05, 0.1) is 19.8 Å². The Labute approximate surface area is 145 Å². The lowest BCUT2D eigenvalue weighted by Gasteiger charge is -2.05. The fraction of sp³-hybridized carbons (Fsp3) is 0.200. The molecule has 0 spiro atoms. The fourth-order valence-electron chi connectivity index (χ4n) is 2.56. The molecule has 5 nitrogen and oxygen atoms in total. The second kappa shape index (κ2) is 7.21. The summed E-state index contributed by atoms with van der Waals surface area (Å²) < 4.78 is 16.0. The first-order valence-electron chi connectivity index (χ1n) is 7.98. The monoisotopic (exact) mass is 338 g/mol. The lowest BCUT2D eigenvalue weighted by molar-refractivity contribution is -0.133. The van der Waals surface area contributed by atoms with Crippen LogP contribution in [0.2, 0.25) is 0 Å². The normalized spacial score (nSPS) is 10.6. The molecular formula is C20H18O5. The molecule has 0 aliphatic heterocycles. The van der Waals surface area contributed by atoms with Gasteiger partial charge in [-0.05, 0) is 36.4 Å². The Bertz CT molecular complexity index is 905. The predicted octanol–water partition coefficient (Wildman–Crippen LogP) is 4.18. The number of rotatable bonds is 6. The molecule has 0 saturated carbocycles. The van der Waals surface area contributed by atoms with E-state index < -0.39 is 5.97 Å². The van der Waals surface area contributed by atoms with Crippen molar-refractivity contribution in [3.05, 3.63) is 59.9 Å². The van der Waals surface area contributed by atoms with Crippen LogP contribution in [0.4, 0.5) is 0 Å². The molecule has 5 heteroatoms. The molecule has 0 fully saturated rings. The second-order valence-electron chi connectivity index (χ2n) is 5.57. The molecular weight excluding hydrogens is 320 g/mol. The van der Waals surface area contributed by atoms with Crippen LogP contribution in [0.1, 0.15) is 29.3 Å². The van der Waals surface area contributed by atoms with Gasteiger partial charge in [0, 0.05) is 29.0 Å². The summed E-state index contributed by atoms with van der Waals surface area (Å²) in [6.45, 7) is 1.81. The third kappa shape index (κ3) is 3.71. The number of furan rings is 1. The Kier molecular flexibility index (Phi) is 4.84. The van der Waals surface area contributed by atoms with Gasteiger partial charge in [-0.1, -0.05) is 6.92 Å². The maximum atomic E-state index is 12.2. The van der Waals surface area contributed by atoms with E-state index in [1.165, 1.54) is 0 Å². The van der Waals surface area contributed by atoms with Crippen molar-refractivity contribution in [1.82, 2.24) is 0 Å². The first kappa shape index (κ1) is 16.8. The molecule has 0 bridgehead atoms. The quantitative estimate of drug-likeness (QED) is 0.383. The molecule has 0 unspecified atom stereocenters. The number of esters is 1. The molecule has 0 aliphatic rings. The third-order valence-electron chi connectivity index (χ3n) is 3.93. The Morgan fingerprint density at radius 1 is 1.04 bits per heavy atom. The van der Waals surface area contributed by atoms with Crippen molar-refractivity contribution in [3.8, 4) is 11.5 Å². The number of carbonyl (C=O) groups excluding carboxylic acids is 2. The molecule has 3 aromatic rings. The van der Waals surface area contributed by atoms with Crippen LogP contribution in [0, 0.1) is 0 Å². The van der Waals surface area contributed by atoms with Crippen LogP contribution in [-0.2, 0) is 11.2 Å². The first-order valence-corrected chi connectivity index (χ1v) is 7.98. The van der Waals surface area contributed by atoms with Crippen molar-refractivity contribution in [2.75, 3.05) is 7.11 Å². The van der Waals surface area contributed by atoms with Gasteiger partial charge in [0.15, 0.2) is 5.78 Å². The van der Waals surface area contributed by atoms with Crippen LogP contribution in [0.15, 0.2) is 53.1 Å². The van der Waals surface area contributed by atoms with Gasteiger partial charge >= 0.3 is 5.97 Å². The van der Waals surface area contributed by atoms with E-state index in [1.54, 1.807) is 50.6 Å². The van der Waals surface area contributed by atoms with Crippen LogP contribution in [0.25, 0.3) is 11.0 Å². The Morgan fingerprint density at radius 2 is 1.76 bits per heavy atom. The van der Waals surface area contributed by atoms with Crippen LogP contribution >= 0.6 is 0 Å². The summed E-state index contributed by atoms with van der Waals surface area (Å²) in [7, 11) is 1.59. The Hall–Kier alpha value is -3.08. The van der Waals surface area contributed by atoms with Crippen molar-refractivity contribution >= 4 is 22.7 Å². The zero-order chi connectivity index (χ0) is 17.8. The van der Waals surface area contributed by atoms with E-state index in [1.807, 2.05) is 12.1 Å². The largest absolute Gasteiger partial charge is 0.497 e. The second-order valence-corrected chi connectivity index (χ2v) is 5.57. The van der Waals surface area contributed by atoms with Crippen molar-refractivity contribution in [3.63, 3.8) is 0 Å². The zero-order valence-corrected chi connectivity index (χ0v) is 14.1. The number of fused-ring (bicyclic) bond motifs is 1. The number of hydrogen-bond acceptors (Lipinski definition) is 5. The van der Waals surface area contributed by atoms with Crippen LogP contribution in [0.3, 0.4) is 0 Å². The van der Waals surface area contributed by atoms with E-state index >= 15 is 0 Å².